The molecule has 0 saturated carbocycles. The lowest BCUT2D eigenvalue weighted by Gasteiger charge is -2.29. The molecule has 0 spiro atoms. The highest BCUT2D eigenvalue weighted by molar-refractivity contribution is 6.49. The molecule has 2 amide bonds. The van der Waals surface area contributed by atoms with Crippen molar-refractivity contribution in [3.8, 4) is 17.1 Å². The number of aliphatic imine (C=N–C) groups is 1. The molecule has 0 bridgehead atoms. The Morgan fingerprint density at radius 1 is 1.26 bits per heavy atom. The molecule has 34 heavy (non-hydrogen) atoms. The molecule has 11 nitrogen and oxygen atoms in total. The number of benzene rings is 1. The first-order chi connectivity index (χ1) is 16.5. The lowest BCUT2D eigenvalue weighted by molar-refractivity contribution is -0.136. The van der Waals surface area contributed by atoms with Gasteiger partial charge in [0.15, 0.2) is 11.5 Å². The molecular weight excluding hydrogens is 438 g/mol. The molecule has 1 atom stereocenters. The number of methoxy groups -OCH3 is 1. The molecule has 1 fully saturated rings. The predicted molar refractivity (Wildman–Crippen MR) is 127 cm³/mol. The van der Waals surface area contributed by atoms with E-state index in [2.05, 4.69) is 20.4 Å². The van der Waals surface area contributed by atoms with Crippen molar-refractivity contribution in [3.05, 3.63) is 42.6 Å². The minimum absolute atomic E-state index is 0.0393. The predicted octanol–water partition coefficient (Wildman–Crippen LogP) is 1.54. The van der Waals surface area contributed by atoms with Crippen molar-refractivity contribution in [1.29, 1.82) is 5.41 Å². The summed E-state index contributed by atoms with van der Waals surface area (Å²) >= 11 is 0. The maximum atomic E-state index is 13.0. The van der Waals surface area contributed by atoms with Crippen molar-refractivity contribution < 1.29 is 19.1 Å². The van der Waals surface area contributed by atoms with Crippen LogP contribution in [-0.4, -0.2) is 83.7 Å². The van der Waals surface area contributed by atoms with Gasteiger partial charge in [-0.3, -0.25) is 14.6 Å². The number of nitrogens with one attached hydrogen (secondary N) is 2. The Hall–Kier alpha value is -4.12. The zero-order chi connectivity index (χ0) is 24.1. The molecule has 1 aliphatic rings. The summed E-state index contributed by atoms with van der Waals surface area (Å²) in [5, 5.41) is 15.0. The van der Waals surface area contributed by atoms with E-state index in [1.807, 2.05) is 24.3 Å². The normalized spacial score (nSPS) is 15.1. The van der Waals surface area contributed by atoms with Gasteiger partial charge in [-0.15, -0.1) is 5.10 Å². The topological polar surface area (TPSA) is 134 Å². The molecule has 3 aromatic rings. The summed E-state index contributed by atoms with van der Waals surface area (Å²) in [6, 6.07) is 10.8. The number of amides is 2. The Labute approximate surface area is 195 Å². The van der Waals surface area contributed by atoms with Gasteiger partial charge in [0.05, 0.1) is 25.9 Å². The van der Waals surface area contributed by atoms with E-state index >= 15 is 0 Å². The highest BCUT2D eigenvalue weighted by Crippen LogP contribution is 2.27. The van der Waals surface area contributed by atoms with Gasteiger partial charge in [-0.05, 0) is 18.2 Å². The van der Waals surface area contributed by atoms with Crippen LogP contribution in [0, 0.1) is 11.3 Å². The number of nitrogens with zero attached hydrogens (tertiary/aromatic N) is 5. The van der Waals surface area contributed by atoms with Gasteiger partial charge in [0, 0.05) is 44.3 Å². The second-order valence-corrected chi connectivity index (χ2v) is 7.50. The summed E-state index contributed by atoms with van der Waals surface area (Å²) < 4.78 is 12.3. The summed E-state index contributed by atoms with van der Waals surface area (Å²) in [5.74, 6) is -0.845. The highest BCUT2D eigenvalue weighted by atomic mass is 16.5. The fourth-order valence-corrected chi connectivity index (χ4v) is 3.73. The van der Waals surface area contributed by atoms with Crippen LogP contribution in [0.25, 0.3) is 17.0 Å². The molecule has 1 aromatic carbocycles. The molecule has 3 heterocycles. The summed E-state index contributed by atoms with van der Waals surface area (Å²) in [5.41, 5.74) is 1.68. The van der Waals surface area contributed by atoms with Crippen LogP contribution in [0.3, 0.4) is 0 Å². The lowest BCUT2D eigenvalue weighted by atomic mass is 10.0. The number of aromatic nitrogens is 3. The monoisotopic (exact) mass is 463 g/mol. The summed E-state index contributed by atoms with van der Waals surface area (Å²) in [4.78, 5) is 36.0. The van der Waals surface area contributed by atoms with Crippen LogP contribution in [-0.2, 0) is 14.3 Å². The zero-order valence-electron chi connectivity index (χ0n) is 18.9. The molecule has 4 rings (SSSR count). The van der Waals surface area contributed by atoms with Crippen LogP contribution in [0.15, 0.2) is 47.6 Å². The first-order valence-electron chi connectivity index (χ1n) is 10.7. The Balaban J connectivity index is 1.54. The maximum Gasteiger partial charge on any atom is 0.270 e. The number of hydrogen-bond donors (Lipinski definition) is 2. The van der Waals surface area contributed by atoms with E-state index in [1.165, 1.54) is 7.05 Å². The fraction of sp³-hybridized carbons (Fsp3) is 0.304. The fourth-order valence-electron chi connectivity index (χ4n) is 3.73. The number of carbonyl (C=O) groups is 2. The Kier molecular flexibility index (Phi) is 6.93. The van der Waals surface area contributed by atoms with Gasteiger partial charge in [-0.2, -0.15) is 0 Å². The van der Waals surface area contributed by atoms with Crippen molar-refractivity contribution in [2.45, 2.75) is 0 Å². The first kappa shape index (κ1) is 23.1. The molecule has 0 radical (unpaired) electrons. The third-order valence-corrected chi connectivity index (χ3v) is 5.47. The second-order valence-electron chi connectivity index (χ2n) is 7.50. The molecule has 1 saturated heterocycles. The number of rotatable bonds is 7. The molecule has 2 N–H and O–H groups in total. The number of carbonyl (C=O) groups excluding carboxylic acids is 2. The van der Waals surface area contributed by atoms with Crippen molar-refractivity contribution in [3.63, 3.8) is 0 Å². The van der Waals surface area contributed by atoms with Gasteiger partial charge in [0.2, 0.25) is 5.91 Å². The van der Waals surface area contributed by atoms with Gasteiger partial charge < -0.3 is 25.1 Å². The van der Waals surface area contributed by atoms with Crippen LogP contribution >= 0.6 is 0 Å². The van der Waals surface area contributed by atoms with Crippen molar-refractivity contribution in [2.24, 2.45) is 10.9 Å². The number of anilines is 1. The van der Waals surface area contributed by atoms with Crippen molar-refractivity contribution in [2.75, 3.05) is 45.8 Å². The molecule has 2 aromatic heterocycles. The van der Waals surface area contributed by atoms with E-state index in [0.717, 1.165) is 11.8 Å². The van der Waals surface area contributed by atoms with Gasteiger partial charge in [0.1, 0.15) is 17.4 Å². The maximum absolute atomic E-state index is 13.0. The van der Waals surface area contributed by atoms with Crippen LogP contribution in [0.1, 0.15) is 0 Å². The SMILES string of the molecule is CN=C(C(=O)Nc1ccn2nc(-c3ccccc3OC)nc2c1)C(C=N)C(=O)N1CCOCC1. The molecule has 1 aliphatic heterocycles. The van der Waals surface area contributed by atoms with Gasteiger partial charge in [0.25, 0.3) is 5.91 Å². The largest absolute Gasteiger partial charge is 0.496 e. The van der Waals surface area contributed by atoms with Crippen LogP contribution in [0.4, 0.5) is 5.69 Å². The third kappa shape index (κ3) is 4.64. The minimum Gasteiger partial charge on any atom is -0.496 e. The van der Waals surface area contributed by atoms with Crippen LogP contribution < -0.4 is 10.1 Å². The van der Waals surface area contributed by atoms with Crippen LogP contribution in [0.2, 0.25) is 0 Å². The molecule has 11 heteroatoms. The number of ether oxygens (including phenoxy) is 2. The first-order valence-corrected chi connectivity index (χ1v) is 10.7. The smallest absolute Gasteiger partial charge is 0.270 e. The van der Waals surface area contributed by atoms with Gasteiger partial charge in [-0.1, -0.05) is 12.1 Å². The van der Waals surface area contributed by atoms with Crippen molar-refractivity contribution >= 4 is 35.1 Å². The van der Waals surface area contributed by atoms with E-state index < -0.39 is 11.8 Å². The number of hydrogen-bond acceptors (Lipinski definition) is 8. The average Bonchev–Trinajstić information content (AvgIpc) is 3.30. The van der Waals surface area contributed by atoms with E-state index in [9.17, 15) is 9.59 Å². The molecule has 0 aliphatic carbocycles. The summed E-state index contributed by atoms with van der Waals surface area (Å²) in [6.45, 7) is 1.69. The molecule has 176 valence electrons. The number of fused-ring (bicyclic) bond motifs is 1. The minimum atomic E-state index is -1.07. The number of pyridine rings is 1. The number of para-hydroxylation sites is 1. The van der Waals surface area contributed by atoms with Crippen molar-refractivity contribution in [1.82, 2.24) is 19.5 Å². The average molecular weight is 463 g/mol. The van der Waals surface area contributed by atoms with E-state index in [4.69, 9.17) is 14.9 Å². The molecular formula is C23H25N7O4. The Bertz CT molecular complexity index is 1250. The summed E-state index contributed by atoms with van der Waals surface area (Å²) in [6.07, 6.45) is 2.62. The summed E-state index contributed by atoms with van der Waals surface area (Å²) in [7, 11) is 3.01. The Morgan fingerprint density at radius 3 is 2.74 bits per heavy atom. The quantitative estimate of drug-likeness (QED) is 0.511. The second kappa shape index (κ2) is 10.2. The highest BCUT2D eigenvalue weighted by Gasteiger charge is 2.31. The van der Waals surface area contributed by atoms with Gasteiger partial charge >= 0.3 is 0 Å². The van der Waals surface area contributed by atoms with E-state index in [-0.39, 0.29) is 11.6 Å². The zero-order valence-corrected chi connectivity index (χ0v) is 18.9. The van der Waals surface area contributed by atoms with Gasteiger partial charge in [-0.25, -0.2) is 9.50 Å². The Morgan fingerprint density at radius 2 is 2.03 bits per heavy atom. The molecule has 1 unspecified atom stereocenters. The van der Waals surface area contributed by atoms with E-state index in [1.54, 1.807) is 34.9 Å². The third-order valence-electron chi connectivity index (χ3n) is 5.47. The van der Waals surface area contributed by atoms with E-state index in [0.29, 0.717) is 49.2 Å². The lowest BCUT2D eigenvalue weighted by Crippen LogP contribution is -2.48. The number of morpholine rings is 1. The standard InChI is InChI=1S/C23H25N7O4/c1-25-20(17(14-24)23(32)29-9-11-34-12-10-29)22(31)26-15-7-8-30-19(13-15)27-21(28-30)16-5-3-4-6-18(16)33-2/h3-8,13-14,17,24H,9-12H2,1-2H3,(H,26,31). The van der Waals surface area contributed by atoms with Crippen LogP contribution in [0.5, 0.6) is 5.75 Å².